The monoisotopic (exact) mass is 627 g/mol. The quantitative estimate of drug-likeness (QED) is 0.301. The molecule has 1 aliphatic heterocycles. The van der Waals surface area contributed by atoms with Crippen LogP contribution in [0.4, 0.5) is 11.4 Å². The standard InChI is InChI=1S/C32H33N7O5S/c1-20(34-3)31(41)35-30-21(2)38(29(40)19-45(4,43)44)28-16-10-9-15-27(28)37(32(30)42)18-24-23-12-6-8-14-26(23)39(36-24)25-13-7-5-11-22(25)17-33/h5-16,20-21,30,34H,18-19H2,1-4H3,(H,35,41)/t20?,21-,30-/m0/s1. The van der Waals surface area contributed by atoms with Crippen LogP contribution in [-0.4, -0.2) is 73.1 Å². The average molecular weight is 628 g/mol. The first kappa shape index (κ1) is 31.4. The highest BCUT2D eigenvalue weighted by molar-refractivity contribution is 7.91. The van der Waals surface area contributed by atoms with Crippen molar-refractivity contribution in [2.45, 2.75) is 38.5 Å². The maximum atomic E-state index is 14.5. The molecular weight excluding hydrogens is 594 g/mol. The molecule has 12 nitrogen and oxygen atoms in total. The Morgan fingerprint density at radius 1 is 1.00 bits per heavy atom. The highest BCUT2D eigenvalue weighted by Gasteiger charge is 2.43. The summed E-state index contributed by atoms with van der Waals surface area (Å²) in [7, 11) is -2.11. The van der Waals surface area contributed by atoms with E-state index in [0.717, 1.165) is 17.2 Å². The summed E-state index contributed by atoms with van der Waals surface area (Å²) in [6.07, 6.45) is 0.969. The fourth-order valence-corrected chi connectivity index (χ4v) is 6.09. The number of anilines is 2. The summed E-state index contributed by atoms with van der Waals surface area (Å²) in [6.45, 7) is 3.20. The van der Waals surface area contributed by atoms with Crippen LogP contribution in [0, 0.1) is 11.3 Å². The first-order chi connectivity index (χ1) is 21.4. The second kappa shape index (κ2) is 12.5. The maximum absolute atomic E-state index is 14.5. The molecule has 0 aliphatic carbocycles. The number of sulfone groups is 1. The lowest BCUT2D eigenvalue weighted by Crippen LogP contribution is -2.60. The van der Waals surface area contributed by atoms with E-state index in [9.17, 15) is 28.1 Å². The van der Waals surface area contributed by atoms with E-state index in [2.05, 4.69) is 16.7 Å². The lowest BCUT2D eigenvalue weighted by molar-refractivity contribution is -0.129. The molecule has 0 spiro atoms. The minimum atomic E-state index is -3.72. The zero-order chi connectivity index (χ0) is 32.5. The molecule has 5 rings (SSSR count). The lowest BCUT2D eigenvalue weighted by atomic mass is 10.1. The van der Waals surface area contributed by atoms with E-state index in [1.807, 2.05) is 30.3 Å². The molecular formula is C32H33N7O5S. The number of hydrogen-bond donors (Lipinski definition) is 2. The number of hydrogen-bond acceptors (Lipinski definition) is 8. The van der Waals surface area contributed by atoms with Crippen molar-refractivity contribution in [3.63, 3.8) is 0 Å². The number of amides is 3. The van der Waals surface area contributed by atoms with Crippen molar-refractivity contribution in [1.82, 2.24) is 20.4 Å². The molecule has 1 aromatic heterocycles. The topological polar surface area (TPSA) is 158 Å². The first-order valence-corrected chi connectivity index (χ1v) is 16.3. The average Bonchev–Trinajstić information content (AvgIpc) is 3.35. The Bertz CT molecular complexity index is 1950. The van der Waals surface area contributed by atoms with E-state index >= 15 is 0 Å². The van der Waals surface area contributed by atoms with Gasteiger partial charge in [-0.05, 0) is 51.2 Å². The number of likely N-dealkylation sites (N-methyl/N-ethyl adjacent to an activating group) is 1. The summed E-state index contributed by atoms with van der Waals surface area (Å²) in [6, 6.07) is 20.6. The van der Waals surface area contributed by atoms with Crippen molar-refractivity contribution in [3.05, 3.63) is 84.1 Å². The SMILES string of the molecule is CNC(C)C(=O)N[C@@H]1C(=O)N(Cc2nn(-c3ccccc3C#N)c3ccccc23)c2ccccc2N(C(=O)CS(C)(=O)=O)[C@H]1C. The molecule has 2 heterocycles. The highest BCUT2D eigenvalue weighted by atomic mass is 32.2. The van der Waals surface area contributed by atoms with Crippen LogP contribution in [0.25, 0.3) is 16.6 Å². The van der Waals surface area contributed by atoms with Crippen molar-refractivity contribution in [1.29, 1.82) is 5.26 Å². The second-order valence-corrected chi connectivity index (χ2v) is 13.1. The van der Waals surface area contributed by atoms with E-state index in [-0.39, 0.29) is 6.54 Å². The zero-order valence-electron chi connectivity index (χ0n) is 25.3. The summed E-state index contributed by atoms with van der Waals surface area (Å²) >= 11 is 0. The van der Waals surface area contributed by atoms with Crippen molar-refractivity contribution in [2.75, 3.05) is 28.9 Å². The Morgan fingerprint density at radius 2 is 1.62 bits per heavy atom. The zero-order valence-corrected chi connectivity index (χ0v) is 26.1. The van der Waals surface area contributed by atoms with E-state index in [0.29, 0.717) is 28.3 Å². The molecule has 13 heteroatoms. The summed E-state index contributed by atoms with van der Waals surface area (Å²) in [5.41, 5.74) is 2.90. The number of fused-ring (bicyclic) bond motifs is 2. The molecule has 1 unspecified atom stereocenters. The Labute approximate surface area is 261 Å². The molecule has 45 heavy (non-hydrogen) atoms. The fourth-order valence-electron chi connectivity index (χ4n) is 5.50. The molecule has 232 valence electrons. The number of carbonyl (C=O) groups excluding carboxylic acids is 3. The van der Waals surface area contributed by atoms with Gasteiger partial charge in [0.05, 0.1) is 52.5 Å². The van der Waals surface area contributed by atoms with Crippen molar-refractivity contribution in [2.24, 2.45) is 0 Å². The van der Waals surface area contributed by atoms with Gasteiger partial charge in [-0.3, -0.25) is 14.4 Å². The third-order valence-electron chi connectivity index (χ3n) is 7.86. The van der Waals surface area contributed by atoms with Crippen LogP contribution in [0.15, 0.2) is 72.8 Å². The van der Waals surface area contributed by atoms with Crippen LogP contribution < -0.4 is 20.4 Å². The van der Waals surface area contributed by atoms with Crippen molar-refractivity contribution >= 4 is 49.8 Å². The molecule has 3 atom stereocenters. The predicted octanol–water partition coefficient (Wildman–Crippen LogP) is 2.30. The minimum Gasteiger partial charge on any atom is -0.341 e. The molecule has 0 saturated carbocycles. The molecule has 3 aromatic carbocycles. The third kappa shape index (κ3) is 6.15. The number of aromatic nitrogens is 2. The number of para-hydroxylation sites is 4. The molecule has 4 aromatic rings. The fraction of sp³-hybridized carbons (Fsp3) is 0.281. The van der Waals surface area contributed by atoms with Crippen LogP contribution in [0.2, 0.25) is 0 Å². The number of nitriles is 1. The molecule has 1 aliphatic rings. The first-order valence-electron chi connectivity index (χ1n) is 14.3. The number of carbonyl (C=O) groups is 3. The molecule has 0 saturated heterocycles. The van der Waals surface area contributed by atoms with Gasteiger partial charge < -0.3 is 20.4 Å². The van der Waals surface area contributed by atoms with Gasteiger partial charge in [-0.2, -0.15) is 10.4 Å². The Morgan fingerprint density at radius 3 is 2.29 bits per heavy atom. The van der Waals surface area contributed by atoms with Crippen molar-refractivity contribution in [3.8, 4) is 11.8 Å². The van der Waals surface area contributed by atoms with Gasteiger partial charge in [-0.15, -0.1) is 0 Å². The number of nitrogens with one attached hydrogen (secondary N) is 2. The number of nitrogens with zero attached hydrogens (tertiary/aromatic N) is 5. The van der Waals surface area contributed by atoms with E-state index < -0.39 is 51.4 Å². The molecule has 0 radical (unpaired) electrons. The smallest absolute Gasteiger partial charge is 0.252 e. The van der Waals surface area contributed by atoms with Gasteiger partial charge in [0.1, 0.15) is 17.9 Å². The van der Waals surface area contributed by atoms with Crippen LogP contribution in [-0.2, 0) is 30.8 Å². The lowest BCUT2D eigenvalue weighted by Gasteiger charge is -2.32. The van der Waals surface area contributed by atoms with Gasteiger partial charge in [0, 0.05) is 11.6 Å². The second-order valence-electron chi connectivity index (χ2n) is 11.0. The summed E-state index contributed by atoms with van der Waals surface area (Å²) in [5, 5.41) is 21.0. The predicted molar refractivity (Wildman–Crippen MR) is 171 cm³/mol. The van der Waals surface area contributed by atoms with Crippen LogP contribution >= 0.6 is 0 Å². The van der Waals surface area contributed by atoms with Gasteiger partial charge in [-0.25, -0.2) is 13.1 Å². The Balaban J connectivity index is 1.68. The number of rotatable bonds is 8. The molecule has 0 fully saturated rings. The maximum Gasteiger partial charge on any atom is 0.252 e. The van der Waals surface area contributed by atoms with Crippen LogP contribution in [0.1, 0.15) is 25.1 Å². The third-order valence-corrected chi connectivity index (χ3v) is 8.63. The van der Waals surface area contributed by atoms with Gasteiger partial charge in [0.25, 0.3) is 5.91 Å². The minimum absolute atomic E-state index is 0.0488. The molecule has 3 amide bonds. The normalized spacial score (nSPS) is 17.4. The van der Waals surface area contributed by atoms with Crippen LogP contribution in [0.5, 0.6) is 0 Å². The van der Waals surface area contributed by atoms with E-state index in [4.69, 9.17) is 5.10 Å². The highest BCUT2D eigenvalue weighted by Crippen LogP contribution is 2.37. The van der Waals surface area contributed by atoms with Gasteiger partial charge in [-0.1, -0.05) is 42.5 Å². The van der Waals surface area contributed by atoms with Gasteiger partial charge >= 0.3 is 0 Å². The Hall–Kier alpha value is -5.06. The summed E-state index contributed by atoms with van der Waals surface area (Å²) < 4.78 is 26.1. The van der Waals surface area contributed by atoms with Crippen molar-refractivity contribution < 1.29 is 22.8 Å². The largest absolute Gasteiger partial charge is 0.341 e. The van der Waals surface area contributed by atoms with E-state index in [1.54, 1.807) is 68.0 Å². The summed E-state index contributed by atoms with van der Waals surface area (Å²) in [4.78, 5) is 43.9. The van der Waals surface area contributed by atoms with Gasteiger partial charge in [0.2, 0.25) is 11.8 Å². The Kier molecular flexibility index (Phi) is 8.72. The number of benzene rings is 3. The molecule has 0 bridgehead atoms. The van der Waals surface area contributed by atoms with E-state index in [1.165, 1.54) is 9.80 Å². The molecule has 2 N–H and O–H groups in total. The summed E-state index contributed by atoms with van der Waals surface area (Å²) in [5.74, 6) is -2.47. The van der Waals surface area contributed by atoms with Crippen LogP contribution in [0.3, 0.4) is 0 Å². The van der Waals surface area contributed by atoms with Gasteiger partial charge in [0.15, 0.2) is 9.84 Å².